The van der Waals surface area contributed by atoms with Crippen LogP contribution in [-0.2, 0) is 10.0 Å². The van der Waals surface area contributed by atoms with Crippen LogP contribution >= 0.6 is 15.9 Å². The summed E-state index contributed by atoms with van der Waals surface area (Å²) in [4.78, 5) is 0.0588. The van der Waals surface area contributed by atoms with E-state index in [1.165, 1.54) is 26.5 Å². The molecular formula is C14H16BrNO5S. The number of hydrogen-bond donors (Lipinski definition) is 1. The maximum absolute atomic E-state index is 12.5. The second-order valence-electron chi connectivity index (χ2n) is 4.50. The number of rotatable bonds is 6. The lowest BCUT2D eigenvalue weighted by Gasteiger charge is -2.15. The van der Waals surface area contributed by atoms with Crippen LogP contribution in [0.4, 0.5) is 0 Å². The monoisotopic (exact) mass is 389 g/mol. The Bertz CT molecular complexity index is 743. The molecule has 6 nitrogen and oxygen atoms in total. The Balaban J connectivity index is 2.37. The number of methoxy groups -OCH3 is 2. The normalized spacial score (nSPS) is 12.9. The lowest BCUT2D eigenvalue weighted by Crippen LogP contribution is -2.27. The summed E-state index contributed by atoms with van der Waals surface area (Å²) >= 11 is 3.25. The van der Waals surface area contributed by atoms with E-state index >= 15 is 0 Å². The van der Waals surface area contributed by atoms with Crippen LogP contribution < -0.4 is 14.2 Å². The van der Waals surface area contributed by atoms with E-state index in [0.29, 0.717) is 21.7 Å². The number of benzene rings is 1. The Morgan fingerprint density at radius 2 is 1.86 bits per heavy atom. The lowest BCUT2D eigenvalue weighted by molar-refractivity contribution is 0.353. The van der Waals surface area contributed by atoms with Crippen LogP contribution in [0, 0.1) is 0 Å². The van der Waals surface area contributed by atoms with Crippen LogP contribution in [0.3, 0.4) is 0 Å². The highest BCUT2D eigenvalue weighted by Gasteiger charge is 2.24. The molecule has 0 aliphatic carbocycles. The molecule has 0 saturated heterocycles. The van der Waals surface area contributed by atoms with Crippen LogP contribution in [-0.4, -0.2) is 22.6 Å². The first-order valence-corrected chi connectivity index (χ1v) is 8.64. The van der Waals surface area contributed by atoms with Crippen LogP contribution in [0.1, 0.15) is 18.7 Å². The first-order valence-electron chi connectivity index (χ1n) is 6.36. The molecular weight excluding hydrogens is 374 g/mol. The van der Waals surface area contributed by atoms with Gasteiger partial charge in [-0.1, -0.05) is 0 Å². The van der Waals surface area contributed by atoms with Crippen LogP contribution in [0.25, 0.3) is 0 Å². The summed E-state index contributed by atoms with van der Waals surface area (Å²) in [6.07, 6.45) is 1.49. The van der Waals surface area contributed by atoms with Crippen molar-refractivity contribution in [1.82, 2.24) is 4.72 Å². The van der Waals surface area contributed by atoms with Gasteiger partial charge in [-0.3, -0.25) is 0 Å². The Morgan fingerprint density at radius 3 is 2.41 bits per heavy atom. The Labute approximate surface area is 137 Å². The average Bonchev–Trinajstić information content (AvgIpc) is 3.00. The second-order valence-corrected chi connectivity index (χ2v) is 7.03. The quantitative estimate of drug-likeness (QED) is 0.820. The number of halogens is 1. The van der Waals surface area contributed by atoms with Crippen molar-refractivity contribution < 1.29 is 22.3 Å². The van der Waals surface area contributed by atoms with Gasteiger partial charge in [0.05, 0.1) is 26.5 Å². The van der Waals surface area contributed by atoms with Gasteiger partial charge in [0, 0.05) is 10.5 Å². The molecule has 1 heterocycles. The topological polar surface area (TPSA) is 77.8 Å². The zero-order valence-corrected chi connectivity index (χ0v) is 14.7. The lowest BCUT2D eigenvalue weighted by atomic mass is 10.3. The molecule has 0 amide bonds. The Kier molecular flexibility index (Phi) is 5.15. The highest BCUT2D eigenvalue weighted by atomic mass is 79.9. The zero-order chi connectivity index (χ0) is 16.3. The maximum atomic E-state index is 12.5. The number of hydrogen-bond acceptors (Lipinski definition) is 5. The third-order valence-electron chi connectivity index (χ3n) is 3.03. The summed E-state index contributed by atoms with van der Waals surface area (Å²) in [5.74, 6) is 1.30. The van der Waals surface area contributed by atoms with E-state index in [4.69, 9.17) is 13.9 Å². The van der Waals surface area contributed by atoms with Crippen molar-refractivity contribution in [3.8, 4) is 11.5 Å². The van der Waals surface area contributed by atoms with Gasteiger partial charge in [-0.2, -0.15) is 0 Å². The SMILES string of the molecule is COc1cc(Br)c(S(=O)(=O)N[C@@H](C)c2ccco2)cc1OC. The average molecular weight is 390 g/mol. The van der Waals surface area contributed by atoms with Gasteiger partial charge in [-0.25, -0.2) is 13.1 Å². The molecule has 1 aromatic heterocycles. The van der Waals surface area contributed by atoms with Crippen molar-refractivity contribution in [2.24, 2.45) is 0 Å². The predicted molar refractivity (Wildman–Crippen MR) is 84.7 cm³/mol. The largest absolute Gasteiger partial charge is 0.493 e. The van der Waals surface area contributed by atoms with Gasteiger partial charge in [0.15, 0.2) is 11.5 Å². The summed E-state index contributed by atoms with van der Waals surface area (Å²) in [7, 11) is -0.839. The summed E-state index contributed by atoms with van der Waals surface area (Å²) in [6, 6.07) is 5.86. The van der Waals surface area contributed by atoms with E-state index in [2.05, 4.69) is 20.7 Å². The van der Waals surface area contributed by atoms with Crippen molar-refractivity contribution in [3.63, 3.8) is 0 Å². The minimum Gasteiger partial charge on any atom is -0.493 e. The molecule has 0 fully saturated rings. The molecule has 0 bridgehead atoms. The standard InChI is InChI=1S/C14H16BrNO5S/c1-9(11-5-4-6-21-11)16-22(17,18)14-8-13(20-3)12(19-2)7-10(14)15/h4-9,16H,1-3H3/t9-/m0/s1. The molecule has 0 unspecified atom stereocenters. The smallest absolute Gasteiger partial charge is 0.242 e. The van der Waals surface area contributed by atoms with Crippen molar-refractivity contribution >= 4 is 26.0 Å². The molecule has 22 heavy (non-hydrogen) atoms. The summed E-state index contributed by atoms with van der Waals surface area (Å²) in [6.45, 7) is 1.70. The third kappa shape index (κ3) is 3.45. The minimum absolute atomic E-state index is 0.0588. The zero-order valence-electron chi connectivity index (χ0n) is 12.3. The molecule has 1 aromatic carbocycles. The molecule has 120 valence electrons. The van der Waals surface area contributed by atoms with E-state index in [0.717, 1.165) is 0 Å². The highest BCUT2D eigenvalue weighted by Crippen LogP contribution is 2.35. The molecule has 8 heteroatoms. The number of sulfonamides is 1. The van der Waals surface area contributed by atoms with E-state index in [1.807, 2.05) is 0 Å². The molecule has 0 radical (unpaired) electrons. The summed E-state index contributed by atoms with van der Waals surface area (Å²) in [5, 5.41) is 0. The summed E-state index contributed by atoms with van der Waals surface area (Å²) < 4.78 is 43.5. The maximum Gasteiger partial charge on any atom is 0.242 e. The van der Waals surface area contributed by atoms with Gasteiger partial charge in [-0.15, -0.1) is 0 Å². The van der Waals surface area contributed by atoms with Gasteiger partial charge in [0.25, 0.3) is 0 Å². The van der Waals surface area contributed by atoms with Gasteiger partial charge in [0.1, 0.15) is 10.7 Å². The Morgan fingerprint density at radius 1 is 1.23 bits per heavy atom. The highest BCUT2D eigenvalue weighted by molar-refractivity contribution is 9.10. The molecule has 0 saturated carbocycles. The van der Waals surface area contributed by atoms with E-state index < -0.39 is 16.1 Å². The predicted octanol–water partition coefficient (Wildman–Crippen LogP) is 3.10. The first-order chi connectivity index (χ1) is 10.4. The third-order valence-corrected chi connectivity index (χ3v) is 5.53. The molecule has 2 rings (SSSR count). The molecule has 2 aromatic rings. The first kappa shape index (κ1) is 16.9. The van der Waals surface area contributed by atoms with E-state index in [-0.39, 0.29) is 4.90 Å². The van der Waals surface area contributed by atoms with Crippen molar-refractivity contribution in [1.29, 1.82) is 0 Å². The van der Waals surface area contributed by atoms with Gasteiger partial charge in [-0.05, 0) is 41.1 Å². The van der Waals surface area contributed by atoms with Crippen molar-refractivity contribution in [2.45, 2.75) is 17.9 Å². The summed E-state index contributed by atoms with van der Waals surface area (Å²) in [5.41, 5.74) is 0. The fourth-order valence-corrected chi connectivity index (χ4v) is 4.18. The van der Waals surface area contributed by atoms with E-state index in [9.17, 15) is 8.42 Å². The molecule has 0 spiro atoms. The fourth-order valence-electron chi connectivity index (χ4n) is 1.93. The minimum atomic E-state index is -3.77. The van der Waals surface area contributed by atoms with Crippen molar-refractivity contribution in [2.75, 3.05) is 14.2 Å². The van der Waals surface area contributed by atoms with Crippen LogP contribution in [0.15, 0.2) is 44.3 Å². The fraction of sp³-hybridized carbons (Fsp3) is 0.286. The van der Waals surface area contributed by atoms with Gasteiger partial charge in [0.2, 0.25) is 10.0 Å². The van der Waals surface area contributed by atoms with E-state index in [1.54, 1.807) is 25.1 Å². The molecule has 1 atom stereocenters. The molecule has 0 aliphatic rings. The number of ether oxygens (including phenoxy) is 2. The number of furan rings is 1. The van der Waals surface area contributed by atoms with Crippen LogP contribution in [0.2, 0.25) is 0 Å². The molecule has 1 N–H and O–H groups in total. The van der Waals surface area contributed by atoms with Crippen LogP contribution in [0.5, 0.6) is 11.5 Å². The Hall–Kier alpha value is -1.51. The number of nitrogens with one attached hydrogen (secondary N) is 1. The second kappa shape index (κ2) is 6.72. The van der Waals surface area contributed by atoms with Gasteiger partial charge < -0.3 is 13.9 Å². The van der Waals surface area contributed by atoms with Crippen molar-refractivity contribution in [3.05, 3.63) is 40.8 Å². The van der Waals surface area contributed by atoms with Gasteiger partial charge >= 0.3 is 0 Å². The molecule has 0 aliphatic heterocycles.